The summed E-state index contributed by atoms with van der Waals surface area (Å²) in [5.41, 5.74) is 1.14. The van der Waals surface area contributed by atoms with Crippen molar-refractivity contribution in [2.45, 2.75) is 36.8 Å². The van der Waals surface area contributed by atoms with Crippen LogP contribution >= 0.6 is 12.6 Å². The molecule has 0 radical (unpaired) electrons. The topological polar surface area (TPSA) is 110 Å². The number of thiol groups is 1. The van der Waals surface area contributed by atoms with Gasteiger partial charge in [0.25, 0.3) is 0 Å². The van der Waals surface area contributed by atoms with Crippen molar-refractivity contribution < 1.29 is 15.7 Å². The molecule has 0 unspecified atom stereocenters. The highest BCUT2D eigenvalue weighted by Gasteiger charge is 2.20. The van der Waals surface area contributed by atoms with Gasteiger partial charge in [-0.3, -0.25) is 0 Å². The van der Waals surface area contributed by atoms with E-state index in [0.717, 1.165) is 29.1 Å². The zero-order chi connectivity index (χ0) is 13.8. The average Bonchev–Trinajstić information content (AvgIpc) is 2.43. The molecule has 0 spiro atoms. The second-order valence-corrected chi connectivity index (χ2v) is 5.36. The number of nitrogens with one attached hydrogen (secondary N) is 1. The first kappa shape index (κ1) is 18.2. The predicted molar refractivity (Wildman–Crippen MR) is 88.5 cm³/mol. The maximum Gasteiger partial charge on any atom is 0.318 e. The molecule has 2 aromatic rings. The summed E-state index contributed by atoms with van der Waals surface area (Å²) in [6.45, 7) is 0.680. The molecule has 1 aliphatic rings. The lowest BCUT2D eigenvalue weighted by atomic mass is 9.96. The summed E-state index contributed by atoms with van der Waals surface area (Å²) < 4.78 is 5.69. The van der Waals surface area contributed by atoms with Gasteiger partial charge in [0, 0.05) is 17.6 Å². The summed E-state index contributed by atoms with van der Waals surface area (Å²) in [5, 5.41) is 3.27. The third-order valence-electron chi connectivity index (χ3n) is 3.41. The molecule has 1 aliphatic carbocycles. The number of hydrogen-bond donors (Lipinski definition) is 2. The van der Waals surface area contributed by atoms with Crippen LogP contribution in [0.5, 0.6) is 6.01 Å². The van der Waals surface area contributed by atoms with Crippen molar-refractivity contribution in [2.75, 3.05) is 5.32 Å². The van der Waals surface area contributed by atoms with Crippen molar-refractivity contribution in [1.29, 1.82) is 0 Å². The molecular formula is C15H21N3O3S. The van der Waals surface area contributed by atoms with Gasteiger partial charge in [-0.15, -0.1) is 12.6 Å². The first-order chi connectivity index (χ1) is 9.81. The minimum atomic E-state index is 0. The Morgan fingerprint density at radius 2 is 1.95 bits per heavy atom. The summed E-state index contributed by atoms with van der Waals surface area (Å²) in [4.78, 5) is 9.49. The Morgan fingerprint density at radius 3 is 2.64 bits per heavy atom. The van der Waals surface area contributed by atoms with Crippen molar-refractivity contribution in [1.82, 2.24) is 9.97 Å². The molecule has 0 saturated heterocycles. The molecular weight excluding hydrogens is 302 g/mol. The van der Waals surface area contributed by atoms with Crippen LogP contribution in [0, 0.1) is 0 Å². The third kappa shape index (κ3) is 4.59. The fourth-order valence-corrected chi connectivity index (χ4v) is 2.22. The van der Waals surface area contributed by atoms with Crippen molar-refractivity contribution >= 4 is 18.4 Å². The molecule has 1 aromatic heterocycles. The molecule has 1 heterocycles. The molecule has 6 nitrogen and oxygen atoms in total. The lowest BCUT2D eigenvalue weighted by Gasteiger charge is -2.25. The number of rotatable bonds is 5. The molecule has 0 bridgehead atoms. The number of hydrogen-bond acceptors (Lipinski definition) is 5. The van der Waals surface area contributed by atoms with Crippen LogP contribution in [0.3, 0.4) is 0 Å². The first-order valence-corrected chi connectivity index (χ1v) is 7.26. The smallest absolute Gasteiger partial charge is 0.318 e. The molecule has 7 heteroatoms. The Hall–Kier alpha value is -1.83. The normalized spacial score (nSPS) is 13.3. The van der Waals surface area contributed by atoms with Gasteiger partial charge in [0.05, 0.1) is 0 Å². The third-order valence-corrected chi connectivity index (χ3v) is 3.85. The molecule has 3 rings (SSSR count). The largest absolute Gasteiger partial charge is 0.460 e. The second-order valence-electron chi connectivity index (χ2n) is 4.88. The molecule has 1 saturated carbocycles. The van der Waals surface area contributed by atoms with E-state index in [1.54, 1.807) is 6.20 Å². The van der Waals surface area contributed by atoms with E-state index in [1.807, 2.05) is 30.3 Å². The first-order valence-electron chi connectivity index (χ1n) is 6.82. The molecule has 0 amide bonds. The molecule has 5 N–H and O–H groups in total. The minimum absolute atomic E-state index is 0. The Labute approximate surface area is 135 Å². The zero-order valence-electron chi connectivity index (χ0n) is 12.1. The van der Waals surface area contributed by atoms with Crippen molar-refractivity contribution in [3.63, 3.8) is 0 Å². The van der Waals surface area contributed by atoms with E-state index in [9.17, 15) is 0 Å². The van der Waals surface area contributed by atoms with Crippen LogP contribution in [0.15, 0.2) is 41.4 Å². The second kappa shape index (κ2) is 8.57. The summed E-state index contributed by atoms with van der Waals surface area (Å²) in [6, 6.07) is 10.3. The SMILES string of the molecule is O.O.Sc1ccccc1CNc1ccnc(OC2CCC2)n1. The van der Waals surface area contributed by atoms with E-state index in [2.05, 4.69) is 27.9 Å². The van der Waals surface area contributed by atoms with E-state index in [-0.39, 0.29) is 11.0 Å². The van der Waals surface area contributed by atoms with Gasteiger partial charge in [-0.05, 0) is 37.0 Å². The zero-order valence-corrected chi connectivity index (χ0v) is 13.0. The Morgan fingerprint density at radius 1 is 1.18 bits per heavy atom. The van der Waals surface area contributed by atoms with E-state index in [4.69, 9.17) is 4.74 Å². The van der Waals surface area contributed by atoms with Gasteiger partial charge in [0.15, 0.2) is 0 Å². The Balaban J connectivity index is 0.00000121. The van der Waals surface area contributed by atoms with E-state index in [0.29, 0.717) is 18.7 Å². The van der Waals surface area contributed by atoms with E-state index in [1.165, 1.54) is 6.42 Å². The lowest BCUT2D eigenvalue weighted by Crippen LogP contribution is -2.25. The highest BCUT2D eigenvalue weighted by Crippen LogP contribution is 2.23. The number of ether oxygens (including phenoxy) is 1. The molecule has 22 heavy (non-hydrogen) atoms. The van der Waals surface area contributed by atoms with Crippen LogP contribution in [0.2, 0.25) is 0 Å². The maximum absolute atomic E-state index is 5.69. The van der Waals surface area contributed by atoms with Crippen molar-refractivity contribution in [3.8, 4) is 6.01 Å². The van der Waals surface area contributed by atoms with Crippen molar-refractivity contribution in [2.24, 2.45) is 0 Å². The van der Waals surface area contributed by atoms with Crippen LogP contribution in [0.4, 0.5) is 5.82 Å². The van der Waals surface area contributed by atoms with Crippen LogP contribution in [0.1, 0.15) is 24.8 Å². The molecule has 1 fully saturated rings. The fraction of sp³-hybridized carbons (Fsp3) is 0.333. The molecule has 120 valence electrons. The number of benzene rings is 1. The maximum atomic E-state index is 5.69. The van der Waals surface area contributed by atoms with Gasteiger partial charge in [0.1, 0.15) is 11.9 Å². The van der Waals surface area contributed by atoms with Gasteiger partial charge in [-0.1, -0.05) is 18.2 Å². The van der Waals surface area contributed by atoms with Crippen LogP contribution < -0.4 is 10.1 Å². The van der Waals surface area contributed by atoms with E-state index >= 15 is 0 Å². The molecule has 0 atom stereocenters. The van der Waals surface area contributed by atoms with Crippen LogP contribution in [-0.2, 0) is 6.54 Å². The Kier molecular flexibility index (Phi) is 7.10. The lowest BCUT2D eigenvalue weighted by molar-refractivity contribution is 0.108. The fourth-order valence-electron chi connectivity index (χ4n) is 1.98. The van der Waals surface area contributed by atoms with E-state index < -0.39 is 0 Å². The molecule has 0 aliphatic heterocycles. The summed E-state index contributed by atoms with van der Waals surface area (Å²) in [7, 11) is 0. The number of aromatic nitrogens is 2. The molecule has 1 aromatic carbocycles. The number of nitrogens with zero attached hydrogens (tertiary/aromatic N) is 2. The van der Waals surface area contributed by atoms with Crippen LogP contribution in [-0.4, -0.2) is 27.0 Å². The van der Waals surface area contributed by atoms with Gasteiger partial charge >= 0.3 is 6.01 Å². The van der Waals surface area contributed by atoms with Crippen molar-refractivity contribution in [3.05, 3.63) is 42.1 Å². The quantitative estimate of drug-likeness (QED) is 0.815. The monoisotopic (exact) mass is 323 g/mol. The Bertz CT molecular complexity index is 594. The van der Waals surface area contributed by atoms with Gasteiger partial charge in [-0.25, -0.2) is 4.98 Å². The van der Waals surface area contributed by atoms with Gasteiger partial charge < -0.3 is 21.0 Å². The average molecular weight is 323 g/mol. The summed E-state index contributed by atoms with van der Waals surface area (Å²) in [5.74, 6) is 0.769. The van der Waals surface area contributed by atoms with Gasteiger partial charge in [-0.2, -0.15) is 4.98 Å². The number of anilines is 1. The van der Waals surface area contributed by atoms with Gasteiger partial charge in [0.2, 0.25) is 0 Å². The standard InChI is InChI=1S/C15H17N3OS.2H2O/c20-13-7-2-1-4-11(13)10-17-14-8-9-16-15(18-14)19-12-5-3-6-12;;/h1-2,4,7-9,12,20H,3,5-6,10H2,(H,16,17,18);2*1H2. The summed E-state index contributed by atoms with van der Waals surface area (Å²) >= 11 is 4.43. The predicted octanol–water partition coefficient (Wildman–Crippen LogP) is 1.66. The highest BCUT2D eigenvalue weighted by atomic mass is 32.1. The highest BCUT2D eigenvalue weighted by molar-refractivity contribution is 7.80. The minimum Gasteiger partial charge on any atom is -0.460 e. The van der Waals surface area contributed by atoms with Crippen LogP contribution in [0.25, 0.3) is 0 Å². The summed E-state index contributed by atoms with van der Waals surface area (Å²) in [6.07, 6.45) is 5.46.